The number of piperazine rings is 1. The van der Waals surface area contributed by atoms with Crippen molar-refractivity contribution in [1.82, 2.24) is 24.6 Å². The van der Waals surface area contributed by atoms with E-state index in [1.165, 1.54) is 5.56 Å². The van der Waals surface area contributed by atoms with Gasteiger partial charge in [-0.3, -0.25) is 9.48 Å². The number of rotatable bonds is 3. The Balaban J connectivity index is 1.61. The minimum absolute atomic E-state index is 0.121. The van der Waals surface area contributed by atoms with Crippen LogP contribution in [0.1, 0.15) is 23.7 Å². The summed E-state index contributed by atoms with van der Waals surface area (Å²) in [7, 11) is 1.88. The summed E-state index contributed by atoms with van der Waals surface area (Å²) in [6, 6.07) is 8.04. The summed E-state index contributed by atoms with van der Waals surface area (Å²) < 4.78 is 1.76. The molecule has 1 unspecified atom stereocenters. The van der Waals surface area contributed by atoms with E-state index in [0.29, 0.717) is 13.1 Å². The molecule has 140 valence electrons. The topological polar surface area (TPSA) is 67.2 Å². The second-order valence-electron chi connectivity index (χ2n) is 7.22. The first-order chi connectivity index (χ1) is 13.0. The lowest BCUT2D eigenvalue weighted by Crippen LogP contribution is -2.55. The zero-order valence-corrected chi connectivity index (χ0v) is 16.2. The van der Waals surface area contributed by atoms with Crippen molar-refractivity contribution in [2.75, 3.05) is 18.0 Å². The van der Waals surface area contributed by atoms with Gasteiger partial charge in [-0.05, 0) is 26.3 Å². The first kappa shape index (κ1) is 17.5. The van der Waals surface area contributed by atoms with E-state index in [9.17, 15) is 4.79 Å². The predicted molar refractivity (Wildman–Crippen MR) is 104 cm³/mol. The number of aromatic nitrogens is 4. The monoisotopic (exact) mass is 364 g/mol. The number of amides is 1. The molecule has 0 saturated carbocycles. The van der Waals surface area contributed by atoms with Gasteiger partial charge in [0.1, 0.15) is 18.2 Å². The van der Waals surface area contributed by atoms with Gasteiger partial charge in [-0.25, -0.2) is 9.97 Å². The van der Waals surface area contributed by atoms with Gasteiger partial charge in [-0.1, -0.05) is 29.8 Å². The van der Waals surface area contributed by atoms with E-state index >= 15 is 0 Å². The number of fused-ring (bicyclic) bond motifs is 1. The van der Waals surface area contributed by atoms with E-state index in [0.717, 1.165) is 34.7 Å². The maximum atomic E-state index is 13.0. The van der Waals surface area contributed by atoms with E-state index in [4.69, 9.17) is 0 Å². The van der Waals surface area contributed by atoms with Gasteiger partial charge in [-0.15, -0.1) is 0 Å². The van der Waals surface area contributed by atoms with Gasteiger partial charge < -0.3 is 9.80 Å². The fourth-order valence-corrected chi connectivity index (χ4v) is 3.88. The van der Waals surface area contributed by atoms with Crippen LogP contribution < -0.4 is 4.90 Å². The van der Waals surface area contributed by atoms with Crippen molar-refractivity contribution in [2.45, 2.75) is 33.4 Å². The van der Waals surface area contributed by atoms with Gasteiger partial charge in [0.2, 0.25) is 5.91 Å². The highest BCUT2D eigenvalue weighted by molar-refractivity contribution is 5.93. The molecular formula is C20H24N6O. The Hall–Kier alpha value is -2.96. The van der Waals surface area contributed by atoms with Crippen molar-refractivity contribution >= 4 is 22.8 Å². The molecule has 0 bridgehead atoms. The molecule has 7 nitrogen and oxygen atoms in total. The highest BCUT2D eigenvalue weighted by Crippen LogP contribution is 2.29. The first-order valence-electron chi connectivity index (χ1n) is 9.21. The van der Waals surface area contributed by atoms with E-state index in [-0.39, 0.29) is 11.9 Å². The number of carbonyl (C=O) groups excluding carboxylic acids is 1. The summed E-state index contributed by atoms with van der Waals surface area (Å²) in [5.74, 6) is 0.915. The van der Waals surface area contributed by atoms with Crippen LogP contribution in [0.5, 0.6) is 0 Å². The third kappa shape index (κ3) is 3.03. The maximum absolute atomic E-state index is 13.0. The molecule has 27 heavy (non-hydrogen) atoms. The number of anilines is 1. The molecule has 7 heteroatoms. The van der Waals surface area contributed by atoms with Crippen molar-refractivity contribution in [3.63, 3.8) is 0 Å². The molecule has 0 spiro atoms. The number of aryl methyl sites for hydroxylation is 3. The summed E-state index contributed by atoms with van der Waals surface area (Å²) in [6.07, 6.45) is 1.55. The van der Waals surface area contributed by atoms with Crippen LogP contribution in [-0.2, 0) is 18.4 Å². The molecule has 4 rings (SSSR count). The molecule has 1 aromatic carbocycles. The average Bonchev–Trinajstić information content (AvgIpc) is 2.94. The Morgan fingerprint density at radius 3 is 2.78 bits per heavy atom. The van der Waals surface area contributed by atoms with Gasteiger partial charge in [0, 0.05) is 26.7 Å². The van der Waals surface area contributed by atoms with Crippen LogP contribution in [0.25, 0.3) is 11.0 Å². The van der Waals surface area contributed by atoms with Crippen molar-refractivity contribution in [3.8, 4) is 0 Å². The van der Waals surface area contributed by atoms with E-state index < -0.39 is 0 Å². The molecule has 1 amide bonds. The summed E-state index contributed by atoms with van der Waals surface area (Å²) in [6.45, 7) is 8.02. The summed E-state index contributed by atoms with van der Waals surface area (Å²) in [4.78, 5) is 25.9. The molecule has 3 heterocycles. The fraction of sp³-hybridized carbons (Fsp3) is 0.400. The van der Waals surface area contributed by atoms with Crippen molar-refractivity contribution in [3.05, 3.63) is 47.4 Å². The summed E-state index contributed by atoms with van der Waals surface area (Å²) in [5, 5.41) is 5.38. The molecule has 1 atom stereocenters. The SMILES string of the molecule is Cc1cccc(CN2CCN(c3ncnc4c3c(C)nn4C)C(C)C2=O)c1. The Morgan fingerprint density at radius 2 is 2.00 bits per heavy atom. The first-order valence-corrected chi connectivity index (χ1v) is 9.21. The smallest absolute Gasteiger partial charge is 0.245 e. The number of benzene rings is 1. The molecule has 1 fully saturated rings. The standard InChI is InChI=1S/C20H24N6O/c1-13-6-5-7-16(10-13)11-25-8-9-26(15(3)20(25)27)19-17-14(2)23-24(4)18(17)21-12-22-19/h5-7,10,12,15H,8-9,11H2,1-4H3. The van der Waals surface area contributed by atoms with Crippen molar-refractivity contribution in [2.24, 2.45) is 7.05 Å². The Labute approximate surface area is 158 Å². The van der Waals surface area contributed by atoms with Crippen molar-refractivity contribution < 1.29 is 4.79 Å². The number of hydrogen-bond donors (Lipinski definition) is 0. The van der Waals surface area contributed by atoms with Crippen LogP contribution >= 0.6 is 0 Å². The highest BCUT2D eigenvalue weighted by atomic mass is 16.2. The molecular weight excluding hydrogens is 340 g/mol. The average molecular weight is 364 g/mol. The van der Waals surface area contributed by atoms with Crippen LogP contribution in [0, 0.1) is 13.8 Å². The van der Waals surface area contributed by atoms with E-state index in [1.54, 1.807) is 11.0 Å². The predicted octanol–water partition coefficient (Wildman–Crippen LogP) is 2.22. The minimum atomic E-state index is -0.277. The van der Waals surface area contributed by atoms with E-state index in [1.807, 2.05) is 31.9 Å². The van der Waals surface area contributed by atoms with Crippen LogP contribution in [0.15, 0.2) is 30.6 Å². The van der Waals surface area contributed by atoms with Crippen LogP contribution in [0.2, 0.25) is 0 Å². The lowest BCUT2D eigenvalue weighted by Gasteiger charge is -2.40. The summed E-state index contributed by atoms with van der Waals surface area (Å²) >= 11 is 0. The third-order valence-electron chi connectivity index (χ3n) is 5.25. The zero-order valence-electron chi connectivity index (χ0n) is 16.2. The molecule has 1 saturated heterocycles. The lowest BCUT2D eigenvalue weighted by molar-refractivity contribution is -0.134. The molecule has 0 aliphatic carbocycles. The Kier molecular flexibility index (Phi) is 4.30. The summed E-state index contributed by atoms with van der Waals surface area (Å²) in [5.41, 5.74) is 4.04. The number of nitrogens with zero attached hydrogens (tertiary/aromatic N) is 6. The minimum Gasteiger partial charge on any atom is -0.342 e. The van der Waals surface area contributed by atoms with Crippen molar-refractivity contribution in [1.29, 1.82) is 0 Å². The second-order valence-corrected chi connectivity index (χ2v) is 7.22. The largest absolute Gasteiger partial charge is 0.342 e. The molecule has 1 aliphatic heterocycles. The lowest BCUT2D eigenvalue weighted by atomic mass is 10.1. The maximum Gasteiger partial charge on any atom is 0.245 e. The third-order valence-corrected chi connectivity index (χ3v) is 5.25. The molecule has 0 radical (unpaired) electrons. The molecule has 2 aromatic heterocycles. The van der Waals surface area contributed by atoms with Gasteiger partial charge in [0.15, 0.2) is 5.65 Å². The Morgan fingerprint density at radius 1 is 1.19 bits per heavy atom. The van der Waals surface area contributed by atoms with Crippen LogP contribution in [0.3, 0.4) is 0 Å². The second kappa shape index (κ2) is 6.64. The van der Waals surface area contributed by atoms with Crippen LogP contribution in [0.4, 0.5) is 5.82 Å². The fourth-order valence-electron chi connectivity index (χ4n) is 3.88. The van der Waals surface area contributed by atoms with Crippen LogP contribution in [-0.4, -0.2) is 49.7 Å². The van der Waals surface area contributed by atoms with Gasteiger partial charge in [0.25, 0.3) is 0 Å². The molecule has 0 N–H and O–H groups in total. The number of carbonyl (C=O) groups is 1. The van der Waals surface area contributed by atoms with Gasteiger partial charge in [0.05, 0.1) is 11.1 Å². The van der Waals surface area contributed by atoms with E-state index in [2.05, 4.69) is 45.1 Å². The Bertz CT molecular complexity index is 1010. The molecule has 1 aliphatic rings. The normalized spacial score (nSPS) is 17.8. The highest BCUT2D eigenvalue weighted by Gasteiger charge is 2.33. The van der Waals surface area contributed by atoms with Gasteiger partial charge >= 0.3 is 0 Å². The van der Waals surface area contributed by atoms with Gasteiger partial charge in [-0.2, -0.15) is 5.10 Å². The quantitative estimate of drug-likeness (QED) is 0.713. The number of hydrogen-bond acceptors (Lipinski definition) is 5. The molecule has 3 aromatic rings. The zero-order chi connectivity index (χ0) is 19.1.